The Bertz CT molecular complexity index is 3000. The van der Waals surface area contributed by atoms with Crippen LogP contribution < -0.4 is 25.5 Å². The average molecular weight is 893 g/mol. The topological polar surface area (TPSA) is 6.48 Å². The minimum atomic E-state index is -0.104. The molecule has 4 aliphatic rings. The summed E-state index contributed by atoms with van der Waals surface area (Å²) in [6.07, 6.45) is 2.27. The highest BCUT2D eigenvalue weighted by Gasteiger charge is 2.50. The summed E-state index contributed by atoms with van der Waals surface area (Å²) in [7, 11) is 0. The maximum atomic E-state index is 2.74. The van der Waals surface area contributed by atoms with E-state index in [1.807, 2.05) is 11.3 Å². The van der Waals surface area contributed by atoms with Crippen LogP contribution in [-0.4, -0.2) is 6.71 Å². The van der Waals surface area contributed by atoms with Gasteiger partial charge in [-0.1, -0.05) is 163 Å². The van der Waals surface area contributed by atoms with E-state index < -0.39 is 0 Å². The highest BCUT2D eigenvalue weighted by Crippen LogP contribution is 2.56. The van der Waals surface area contributed by atoms with Crippen LogP contribution in [-0.2, 0) is 43.3 Å². The molecule has 2 aliphatic heterocycles. The number of rotatable bonds is 2. The Labute approximate surface area is 403 Å². The highest BCUT2D eigenvalue weighted by molar-refractivity contribution is 7.33. The normalized spacial score (nSPS) is 18.9. The molecule has 6 aromatic rings. The van der Waals surface area contributed by atoms with Crippen molar-refractivity contribution in [3.63, 3.8) is 0 Å². The van der Waals surface area contributed by atoms with Gasteiger partial charge >= 0.3 is 0 Å². The van der Waals surface area contributed by atoms with E-state index >= 15 is 0 Å². The molecule has 0 saturated carbocycles. The number of nitrogens with zero attached hydrogens (tertiary/aromatic N) is 2. The fourth-order valence-corrected chi connectivity index (χ4v) is 14.4. The van der Waals surface area contributed by atoms with Crippen molar-refractivity contribution < 1.29 is 0 Å². The molecule has 10 rings (SSSR count). The van der Waals surface area contributed by atoms with Crippen LogP contribution in [0.4, 0.5) is 34.1 Å². The van der Waals surface area contributed by atoms with Crippen LogP contribution in [0.1, 0.15) is 196 Å². The second-order valence-corrected chi connectivity index (χ2v) is 29.0. The molecule has 2 aliphatic carbocycles. The molecule has 0 N–H and O–H groups in total. The zero-order valence-electron chi connectivity index (χ0n) is 44.3. The lowest BCUT2D eigenvalue weighted by Crippen LogP contribution is -2.60. The van der Waals surface area contributed by atoms with Gasteiger partial charge in [-0.2, -0.15) is 0 Å². The van der Waals surface area contributed by atoms with Gasteiger partial charge in [-0.15, -0.1) is 11.3 Å². The number of anilines is 6. The molecule has 0 amide bonds. The van der Waals surface area contributed by atoms with E-state index in [4.69, 9.17) is 0 Å². The first kappa shape index (κ1) is 45.5. The molecule has 344 valence electrons. The summed E-state index contributed by atoms with van der Waals surface area (Å²) < 4.78 is 2.83. The monoisotopic (exact) mass is 893 g/mol. The van der Waals surface area contributed by atoms with Gasteiger partial charge in [0.15, 0.2) is 0 Å². The lowest BCUT2D eigenvalue weighted by Gasteiger charge is -2.45. The minimum Gasteiger partial charge on any atom is -0.311 e. The van der Waals surface area contributed by atoms with Gasteiger partial charge in [0.1, 0.15) is 0 Å². The Morgan fingerprint density at radius 3 is 1.47 bits per heavy atom. The van der Waals surface area contributed by atoms with Gasteiger partial charge < -0.3 is 9.80 Å². The Morgan fingerprint density at radius 1 is 0.439 bits per heavy atom. The lowest BCUT2D eigenvalue weighted by atomic mass is 9.35. The van der Waals surface area contributed by atoms with Crippen LogP contribution in [0.15, 0.2) is 78.9 Å². The predicted molar refractivity (Wildman–Crippen MR) is 292 cm³/mol. The van der Waals surface area contributed by atoms with Gasteiger partial charge in [0, 0.05) is 43.3 Å². The lowest BCUT2D eigenvalue weighted by molar-refractivity contribution is 0.403. The van der Waals surface area contributed by atoms with Crippen molar-refractivity contribution in [1.29, 1.82) is 0 Å². The van der Waals surface area contributed by atoms with Crippen molar-refractivity contribution in [2.45, 2.75) is 195 Å². The fourth-order valence-electron chi connectivity index (χ4n) is 13.1. The van der Waals surface area contributed by atoms with Crippen molar-refractivity contribution in [1.82, 2.24) is 0 Å². The number of hydrogen-bond acceptors (Lipinski definition) is 3. The summed E-state index contributed by atoms with van der Waals surface area (Å²) in [6, 6.07) is 33.0. The Kier molecular flexibility index (Phi) is 9.45. The van der Waals surface area contributed by atoms with Gasteiger partial charge in [0.2, 0.25) is 0 Å². The fraction of sp³-hybridized carbons (Fsp3) is 0.484. The number of benzene rings is 5. The van der Waals surface area contributed by atoms with E-state index in [0.29, 0.717) is 0 Å². The standard InChI is InChI=1S/C62H77BN2S/c1-55(2,3)36-21-24-51-42(28-36)53-54(66-51)63-47-32-45-46(62(19,20)35-61(45,17)18)33-48(47)64(41-26-37(56(4,5)6)25-38(27-41)57(7,8)9)49-29-39(58(10,11)12)30-50(52(49)63)65(53)40-22-23-43-44(31-40)60(15,16)34-59(43,13)14/h21-33H,34-35H2,1-20H3. The maximum Gasteiger partial charge on any atom is 0.264 e. The molecule has 3 heterocycles. The second kappa shape index (κ2) is 13.7. The average Bonchev–Trinajstić information content (AvgIpc) is 3.71. The first-order chi connectivity index (χ1) is 30.2. The molecule has 0 saturated heterocycles. The van der Waals surface area contributed by atoms with Crippen LogP contribution in [0.25, 0.3) is 10.1 Å². The SMILES string of the molecule is CC(C)(C)c1cc(N2c3cc4c(cc3B3c5sc6ccc(C(C)(C)C)cc6c5N(c5ccc6c(c5)C(C)(C)CC6(C)C)c5cc(C(C)(C)C)cc2c53)C(C)(C)CC4(C)C)cc(C(C)(C)C)c1. The molecule has 2 nitrogen and oxygen atoms in total. The van der Waals surface area contributed by atoms with Crippen LogP contribution in [0, 0.1) is 0 Å². The van der Waals surface area contributed by atoms with E-state index in [1.165, 1.54) is 104 Å². The van der Waals surface area contributed by atoms with E-state index in [-0.39, 0.29) is 50.0 Å². The largest absolute Gasteiger partial charge is 0.311 e. The first-order valence-corrected chi connectivity index (χ1v) is 25.9. The van der Waals surface area contributed by atoms with Gasteiger partial charge in [-0.25, -0.2) is 0 Å². The van der Waals surface area contributed by atoms with Crippen molar-refractivity contribution in [3.05, 3.63) is 123 Å². The van der Waals surface area contributed by atoms with Crippen LogP contribution in [0.2, 0.25) is 0 Å². The Hall–Kier alpha value is -4.28. The molecular formula is C62H77BN2S. The predicted octanol–water partition coefficient (Wildman–Crippen LogP) is 16.1. The zero-order chi connectivity index (χ0) is 48.0. The molecular weight excluding hydrogens is 816 g/mol. The molecule has 0 atom stereocenters. The summed E-state index contributed by atoms with van der Waals surface area (Å²) >= 11 is 2.04. The Balaban J connectivity index is 1.39. The summed E-state index contributed by atoms with van der Waals surface area (Å²) in [6.45, 7) is 48.4. The van der Waals surface area contributed by atoms with Gasteiger partial charge in [-0.05, 0) is 166 Å². The highest BCUT2D eigenvalue weighted by atomic mass is 32.1. The molecule has 4 heteroatoms. The number of thiophene rings is 1. The third-order valence-electron chi connectivity index (χ3n) is 16.4. The van der Waals surface area contributed by atoms with Crippen molar-refractivity contribution >= 4 is 78.0 Å². The maximum absolute atomic E-state index is 2.74. The van der Waals surface area contributed by atoms with Gasteiger partial charge in [0.05, 0.1) is 5.69 Å². The van der Waals surface area contributed by atoms with Crippen LogP contribution in [0.5, 0.6) is 0 Å². The van der Waals surface area contributed by atoms with E-state index in [9.17, 15) is 0 Å². The van der Waals surface area contributed by atoms with E-state index in [1.54, 1.807) is 0 Å². The molecule has 5 aromatic carbocycles. The molecule has 1 aromatic heterocycles. The third kappa shape index (κ3) is 6.82. The molecule has 0 bridgehead atoms. The number of hydrogen-bond donors (Lipinski definition) is 0. The van der Waals surface area contributed by atoms with E-state index in [0.717, 1.165) is 12.8 Å². The molecule has 66 heavy (non-hydrogen) atoms. The minimum absolute atomic E-state index is 0.0144. The van der Waals surface area contributed by atoms with Crippen molar-refractivity contribution in [2.75, 3.05) is 9.80 Å². The number of fused-ring (bicyclic) bond motifs is 8. The quantitative estimate of drug-likeness (QED) is 0.160. The molecule has 0 fully saturated rings. The molecule has 0 spiro atoms. The Morgan fingerprint density at radius 2 is 0.924 bits per heavy atom. The second-order valence-electron chi connectivity index (χ2n) is 27.9. The van der Waals surface area contributed by atoms with Crippen molar-refractivity contribution in [3.8, 4) is 0 Å². The summed E-state index contributed by atoms with van der Waals surface area (Å²) in [5, 5.41) is 1.37. The van der Waals surface area contributed by atoms with E-state index in [2.05, 4.69) is 227 Å². The molecule has 0 unspecified atom stereocenters. The summed E-state index contributed by atoms with van der Waals surface area (Å²) in [4.78, 5) is 5.47. The zero-order valence-corrected chi connectivity index (χ0v) is 45.1. The smallest absolute Gasteiger partial charge is 0.264 e. The summed E-state index contributed by atoms with van der Waals surface area (Å²) in [5.41, 5.74) is 22.4. The van der Waals surface area contributed by atoms with Gasteiger partial charge in [0.25, 0.3) is 6.71 Å². The van der Waals surface area contributed by atoms with Crippen LogP contribution in [0.3, 0.4) is 0 Å². The van der Waals surface area contributed by atoms with Gasteiger partial charge in [-0.3, -0.25) is 0 Å². The van der Waals surface area contributed by atoms with Crippen LogP contribution >= 0.6 is 11.3 Å². The molecule has 0 radical (unpaired) electrons. The third-order valence-corrected chi connectivity index (χ3v) is 17.6. The first-order valence-electron chi connectivity index (χ1n) is 25.0. The van der Waals surface area contributed by atoms with Crippen molar-refractivity contribution in [2.24, 2.45) is 0 Å². The summed E-state index contributed by atoms with van der Waals surface area (Å²) in [5.74, 6) is 0.